The van der Waals surface area contributed by atoms with Crippen molar-refractivity contribution in [3.8, 4) is 11.1 Å². The largest absolute Gasteiger partial charge is 0.478 e. The molecular formula is C22H17Cl2NO4. The molecule has 0 radical (unpaired) electrons. The lowest BCUT2D eigenvalue weighted by molar-refractivity contribution is 0.0696. The number of benzene rings is 3. The molecule has 0 atom stereocenters. The first kappa shape index (κ1) is 20.7. The maximum absolute atomic E-state index is 11.6. The van der Waals surface area contributed by atoms with E-state index in [0.717, 1.165) is 11.3 Å². The van der Waals surface area contributed by atoms with Gasteiger partial charge in [-0.1, -0.05) is 41.4 Å². The van der Waals surface area contributed by atoms with E-state index in [1.807, 2.05) is 12.1 Å². The van der Waals surface area contributed by atoms with Gasteiger partial charge in [0.2, 0.25) is 0 Å². The lowest BCUT2D eigenvalue weighted by atomic mass is 9.94. The van der Waals surface area contributed by atoms with Gasteiger partial charge in [-0.05, 0) is 60.0 Å². The second-order valence-electron chi connectivity index (χ2n) is 6.48. The van der Waals surface area contributed by atoms with Gasteiger partial charge in [0, 0.05) is 27.8 Å². The Morgan fingerprint density at radius 3 is 2.00 bits per heavy atom. The van der Waals surface area contributed by atoms with Crippen LogP contribution in [-0.2, 0) is 6.54 Å². The smallest absolute Gasteiger partial charge is 0.335 e. The summed E-state index contributed by atoms with van der Waals surface area (Å²) in [6, 6.07) is 15.5. The Balaban J connectivity index is 2.02. The van der Waals surface area contributed by atoms with Gasteiger partial charge in [-0.3, -0.25) is 0 Å². The summed E-state index contributed by atoms with van der Waals surface area (Å²) in [5.74, 6) is -2.35. The van der Waals surface area contributed by atoms with Crippen LogP contribution < -0.4 is 5.32 Å². The summed E-state index contributed by atoms with van der Waals surface area (Å²) in [5.41, 5.74) is 2.91. The Bertz CT molecular complexity index is 1060. The van der Waals surface area contributed by atoms with E-state index < -0.39 is 11.9 Å². The number of rotatable bonds is 6. The average Bonchev–Trinajstić information content (AvgIpc) is 2.65. The van der Waals surface area contributed by atoms with Crippen LogP contribution in [0.4, 0.5) is 5.69 Å². The molecule has 0 saturated carbocycles. The second-order valence-corrected chi connectivity index (χ2v) is 7.36. The van der Waals surface area contributed by atoms with Crippen LogP contribution >= 0.6 is 23.2 Å². The summed E-state index contributed by atoms with van der Waals surface area (Å²) in [7, 11) is 0. The summed E-state index contributed by atoms with van der Waals surface area (Å²) in [4.78, 5) is 23.2. The van der Waals surface area contributed by atoms with E-state index in [0.29, 0.717) is 27.7 Å². The molecule has 3 N–H and O–H groups in total. The van der Waals surface area contributed by atoms with E-state index >= 15 is 0 Å². The molecular weight excluding hydrogens is 413 g/mol. The number of hydrogen-bond donors (Lipinski definition) is 3. The summed E-state index contributed by atoms with van der Waals surface area (Å²) in [6.45, 7) is 1.92. The van der Waals surface area contributed by atoms with Crippen molar-refractivity contribution in [3.63, 3.8) is 0 Å². The molecule has 3 aromatic carbocycles. The molecule has 3 aromatic rings. The molecule has 0 spiro atoms. The van der Waals surface area contributed by atoms with Gasteiger partial charge in [0.05, 0.1) is 11.1 Å². The summed E-state index contributed by atoms with van der Waals surface area (Å²) in [6.07, 6.45) is 0. The Labute approximate surface area is 177 Å². The summed E-state index contributed by atoms with van der Waals surface area (Å²) >= 11 is 12.1. The maximum Gasteiger partial charge on any atom is 0.335 e. The zero-order chi connectivity index (χ0) is 21.1. The van der Waals surface area contributed by atoms with Crippen molar-refractivity contribution in [2.24, 2.45) is 0 Å². The first-order valence-corrected chi connectivity index (χ1v) is 9.41. The Kier molecular flexibility index (Phi) is 6.11. The van der Waals surface area contributed by atoms with Crippen LogP contribution in [0.1, 0.15) is 31.8 Å². The molecule has 148 valence electrons. The van der Waals surface area contributed by atoms with Crippen molar-refractivity contribution in [2.75, 3.05) is 5.32 Å². The normalized spacial score (nSPS) is 10.6. The molecule has 0 amide bonds. The fourth-order valence-corrected chi connectivity index (χ4v) is 3.68. The van der Waals surface area contributed by atoms with Crippen molar-refractivity contribution in [1.82, 2.24) is 0 Å². The van der Waals surface area contributed by atoms with E-state index in [2.05, 4.69) is 5.32 Å². The van der Waals surface area contributed by atoms with Crippen LogP contribution in [0.2, 0.25) is 10.0 Å². The van der Waals surface area contributed by atoms with E-state index in [1.165, 1.54) is 19.1 Å². The summed E-state index contributed by atoms with van der Waals surface area (Å²) in [5, 5.41) is 23.3. The van der Waals surface area contributed by atoms with Crippen LogP contribution in [0.5, 0.6) is 0 Å². The molecule has 29 heavy (non-hydrogen) atoms. The van der Waals surface area contributed by atoms with Crippen molar-refractivity contribution < 1.29 is 19.8 Å². The molecule has 0 aliphatic carbocycles. The monoisotopic (exact) mass is 429 g/mol. The lowest BCUT2D eigenvalue weighted by Crippen LogP contribution is -2.08. The highest BCUT2D eigenvalue weighted by molar-refractivity contribution is 6.34. The van der Waals surface area contributed by atoms with E-state index in [4.69, 9.17) is 23.2 Å². The second kappa shape index (κ2) is 8.55. The third-order valence-corrected chi connectivity index (χ3v) is 4.95. The fourth-order valence-electron chi connectivity index (χ4n) is 3.11. The molecule has 0 fully saturated rings. The third-order valence-electron chi connectivity index (χ3n) is 4.51. The minimum absolute atomic E-state index is 0.0451. The topological polar surface area (TPSA) is 86.6 Å². The Morgan fingerprint density at radius 1 is 0.897 bits per heavy atom. The average molecular weight is 430 g/mol. The van der Waals surface area contributed by atoms with Gasteiger partial charge in [-0.2, -0.15) is 0 Å². The van der Waals surface area contributed by atoms with Gasteiger partial charge in [0.25, 0.3) is 0 Å². The molecule has 0 bridgehead atoms. The molecule has 0 aliphatic rings. The molecule has 0 heterocycles. The minimum Gasteiger partial charge on any atom is -0.478 e. The number of hydrogen-bond acceptors (Lipinski definition) is 3. The highest BCUT2D eigenvalue weighted by atomic mass is 35.5. The number of aromatic carboxylic acids is 2. The number of carboxylic acid groups (broad SMARTS) is 2. The highest BCUT2D eigenvalue weighted by Crippen LogP contribution is 2.32. The van der Waals surface area contributed by atoms with E-state index in [-0.39, 0.29) is 16.7 Å². The number of halogens is 2. The van der Waals surface area contributed by atoms with Gasteiger partial charge in [-0.25, -0.2) is 9.59 Å². The maximum atomic E-state index is 11.6. The quantitative estimate of drug-likeness (QED) is 0.448. The Morgan fingerprint density at radius 2 is 1.45 bits per heavy atom. The number of carbonyl (C=O) groups is 2. The number of nitrogens with one attached hydrogen (secondary N) is 1. The number of carboxylic acids is 2. The lowest BCUT2D eigenvalue weighted by Gasteiger charge is -2.15. The molecule has 0 unspecified atom stereocenters. The SMILES string of the molecule is Cc1c(C(=O)O)cc(-c2ccccc2NCc2cc(Cl)cc(Cl)c2)cc1C(=O)O. The molecule has 0 aromatic heterocycles. The summed E-state index contributed by atoms with van der Waals surface area (Å²) < 4.78 is 0. The van der Waals surface area contributed by atoms with Crippen molar-refractivity contribution in [2.45, 2.75) is 13.5 Å². The molecule has 5 nitrogen and oxygen atoms in total. The van der Waals surface area contributed by atoms with Crippen LogP contribution in [0, 0.1) is 6.92 Å². The van der Waals surface area contributed by atoms with Gasteiger partial charge in [-0.15, -0.1) is 0 Å². The predicted molar refractivity (Wildman–Crippen MR) is 114 cm³/mol. The fraction of sp³-hybridized carbons (Fsp3) is 0.0909. The standard InChI is InChI=1S/C22H17Cl2NO4/c1-12-18(21(26)27)8-14(9-19(12)22(28)29)17-4-2-3-5-20(17)25-11-13-6-15(23)10-16(24)7-13/h2-10,25H,11H2,1H3,(H,26,27)(H,28,29). The Hall–Kier alpha value is -3.02. The van der Waals surface area contributed by atoms with Gasteiger partial charge < -0.3 is 15.5 Å². The van der Waals surface area contributed by atoms with Crippen molar-refractivity contribution >= 4 is 40.8 Å². The third kappa shape index (κ3) is 4.70. The minimum atomic E-state index is -1.18. The van der Waals surface area contributed by atoms with Crippen LogP contribution in [0.3, 0.4) is 0 Å². The van der Waals surface area contributed by atoms with Crippen molar-refractivity contribution in [3.05, 3.63) is 86.9 Å². The highest BCUT2D eigenvalue weighted by Gasteiger charge is 2.18. The molecule has 0 saturated heterocycles. The zero-order valence-corrected chi connectivity index (χ0v) is 16.9. The van der Waals surface area contributed by atoms with Gasteiger partial charge in [0.1, 0.15) is 0 Å². The predicted octanol–water partition coefficient (Wildman–Crippen LogP) is 5.98. The van der Waals surface area contributed by atoms with E-state index in [1.54, 1.807) is 30.3 Å². The number of anilines is 1. The van der Waals surface area contributed by atoms with Crippen LogP contribution in [0.15, 0.2) is 54.6 Å². The van der Waals surface area contributed by atoms with Crippen molar-refractivity contribution in [1.29, 1.82) is 0 Å². The first-order valence-electron chi connectivity index (χ1n) is 8.65. The zero-order valence-electron chi connectivity index (χ0n) is 15.4. The number of para-hydroxylation sites is 1. The first-order chi connectivity index (χ1) is 13.8. The van der Waals surface area contributed by atoms with E-state index in [9.17, 15) is 19.8 Å². The molecule has 3 rings (SSSR count). The van der Waals surface area contributed by atoms with Crippen LogP contribution in [0.25, 0.3) is 11.1 Å². The molecule has 7 heteroatoms. The van der Waals surface area contributed by atoms with Gasteiger partial charge >= 0.3 is 11.9 Å². The van der Waals surface area contributed by atoms with Crippen LogP contribution in [-0.4, -0.2) is 22.2 Å². The molecule has 0 aliphatic heterocycles. The van der Waals surface area contributed by atoms with Gasteiger partial charge in [0.15, 0.2) is 0 Å².